The average Bonchev–Trinajstić information content (AvgIpc) is 3.27. The highest BCUT2D eigenvalue weighted by Gasteiger charge is 2.19. The van der Waals surface area contributed by atoms with E-state index in [4.69, 9.17) is 14.2 Å². The van der Waals surface area contributed by atoms with E-state index in [1.807, 2.05) is 0 Å². The van der Waals surface area contributed by atoms with Crippen molar-refractivity contribution in [3.8, 4) is 0 Å². The first kappa shape index (κ1) is 59.9. The maximum Gasteiger partial charge on any atom is 0.306 e. The summed E-state index contributed by atoms with van der Waals surface area (Å²) in [5.74, 6) is -0.879. The molecule has 0 N–H and O–H groups in total. The number of hydrogen-bond donors (Lipinski definition) is 0. The number of carbonyl (C=O) groups is 3. The molecule has 0 aliphatic rings. The fraction of sp³-hybridized carbons (Fsp3) is 0.875. The minimum absolute atomic E-state index is 0.0727. The molecule has 1 atom stereocenters. The molecule has 0 radical (unpaired) electrons. The fourth-order valence-corrected chi connectivity index (χ4v) is 8.05. The minimum atomic E-state index is -0.771. The monoisotopic (exact) mass is 873 g/mol. The van der Waals surface area contributed by atoms with Crippen LogP contribution in [0.25, 0.3) is 0 Å². The van der Waals surface area contributed by atoms with E-state index in [-0.39, 0.29) is 31.1 Å². The second kappa shape index (κ2) is 51.5. The highest BCUT2D eigenvalue weighted by Crippen LogP contribution is 2.17. The molecule has 0 rings (SSSR count). The zero-order valence-corrected chi connectivity index (χ0v) is 41.7. The van der Waals surface area contributed by atoms with E-state index in [0.717, 1.165) is 83.5 Å². The van der Waals surface area contributed by atoms with Crippen molar-refractivity contribution in [1.29, 1.82) is 0 Å². The Hall–Kier alpha value is -2.11. The summed E-state index contributed by atoms with van der Waals surface area (Å²) in [6.07, 6.45) is 59.1. The Morgan fingerprint density at radius 3 is 0.935 bits per heavy atom. The van der Waals surface area contributed by atoms with Gasteiger partial charge in [0.2, 0.25) is 0 Å². The second-order valence-electron chi connectivity index (χ2n) is 18.5. The number of hydrogen-bond acceptors (Lipinski definition) is 6. The fourth-order valence-electron chi connectivity index (χ4n) is 8.05. The van der Waals surface area contributed by atoms with Gasteiger partial charge in [-0.2, -0.15) is 0 Å². The highest BCUT2D eigenvalue weighted by molar-refractivity contribution is 5.71. The quantitative estimate of drug-likeness (QED) is 0.0262. The van der Waals surface area contributed by atoms with Gasteiger partial charge >= 0.3 is 17.9 Å². The van der Waals surface area contributed by atoms with Crippen LogP contribution in [-0.4, -0.2) is 37.2 Å². The van der Waals surface area contributed by atoms with Crippen molar-refractivity contribution in [3.63, 3.8) is 0 Å². The number of unbranched alkanes of at least 4 members (excludes halogenated alkanes) is 35. The van der Waals surface area contributed by atoms with Crippen LogP contribution in [0.2, 0.25) is 0 Å². The first-order chi connectivity index (χ1) is 30.5. The Morgan fingerprint density at radius 2 is 0.597 bits per heavy atom. The third-order valence-corrected chi connectivity index (χ3v) is 12.2. The molecule has 364 valence electrons. The van der Waals surface area contributed by atoms with E-state index in [2.05, 4.69) is 45.1 Å². The zero-order valence-electron chi connectivity index (χ0n) is 41.7. The molecule has 0 aromatic carbocycles. The molecule has 0 heterocycles. The molecule has 0 aliphatic carbocycles. The zero-order chi connectivity index (χ0) is 45.1. The van der Waals surface area contributed by atoms with Crippen LogP contribution in [0.5, 0.6) is 0 Å². The van der Waals surface area contributed by atoms with Crippen molar-refractivity contribution >= 4 is 17.9 Å². The average molecular weight is 873 g/mol. The number of ether oxygens (including phenoxy) is 3. The lowest BCUT2D eigenvalue weighted by molar-refractivity contribution is -0.167. The maximum atomic E-state index is 12.7. The second-order valence-corrected chi connectivity index (χ2v) is 18.5. The number of rotatable bonds is 50. The summed E-state index contributed by atoms with van der Waals surface area (Å²) in [5.41, 5.74) is 0. The van der Waals surface area contributed by atoms with Gasteiger partial charge in [-0.05, 0) is 44.9 Å². The summed E-state index contributed by atoms with van der Waals surface area (Å²) in [6.45, 7) is 6.58. The number of esters is 3. The van der Waals surface area contributed by atoms with Gasteiger partial charge in [0.25, 0.3) is 0 Å². The molecule has 0 aliphatic heterocycles. The largest absolute Gasteiger partial charge is 0.462 e. The molecule has 0 aromatic heterocycles. The highest BCUT2D eigenvalue weighted by atomic mass is 16.6. The predicted octanol–water partition coefficient (Wildman–Crippen LogP) is 17.9. The molecule has 0 fully saturated rings. The Morgan fingerprint density at radius 1 is 0.323 bits per heavy atom. The van der Waals surface area contributed by atoms with Crippen molar-refractivity contribution in [1.82, 2.24) is 0 Å². The molecule has 0 amide bonds. The molecule has 0 spiro atoms. The van der Waals surface area contributed by atoms with Crippen LogP contribution >= 0.6 is 0 Å². The van der Waals surface area contributed by atoms with E-state index in [9.17, 15) is 14.4 Å². The SMILES string of the molecule is CCCC/C=C\C/C=C\CCCCCCCC(=O)OC(COC(=O)CCCCCCCCC)COC(=O)CCCCCCCCCCCCCCCCCCCCCCCCC. The van der Waals surface area contributed by atoms with Gasteiger partial charge in [-0.1, -0.05) is 257 Å². The first-order valence-electron chi connectivity index (χ1n) is 27.3. The summed E-state index contributed by atoms with van der Waals surface area (Å²) in [6, 6.07) is 0. The lowest BCUT2D eigenvalue weighted by atomic mass is 10.0. The molecule has 0 saturated heterocycles. The van der Waals surface area contributed by atoms with Gasteiger partial charge in [0.15, 0.2) is 6.10 Å². The minimum Gasteiger partial charge on any atom is -0.462 e. The Kier molecular flexibility index (Phi) is 49.8. The van der Waals surface area contributed by atoms with Crippen LogP contribution in [0, 0.1) is 0 Å². The molecule has 0 saturated carbocycles. The number of allylic oxidation sites excluding steroid dienone is 4. The number of carbonyl (C=O) groups excluding carboxylic acids is 3. The summed E-state index contributed by atoms with van der Waals surface area (Å²) in [7, 11) is 0. The van der Waals surface area contributed by atoms with Crippen molar-refractivity contribution < 1.29 is 28.6 Å². The van der Waals surface area contributed by atoms with Gasteiger partial charge in [-0.25, -0.2) is 0 Å². The standard InChI is InChI=1S/C56H104O6/c1-4-7-10-13-16-18-20-22-24-25-26-27-28-29-30-31-32-34-35-37-40-43-46-49-55(58)61-52-53(51-60-54(57)48-45-42-39-15-12-9-6-3)62-56(59)50-47-44-41-38-36-33-23-21-19-17-14-11-8-5-2/h14,17,21,23,53H,4-13,15-16,18-20,22,24-52H2,1-3H3/b17-14-,23-21-. The predicted molar refractivity (Wildman–Crippen MR) is 266 cm³/mol. The lowest BCUT2D eigenvalue weighted by Gasteiger charge is -2.18. The first-order valence-corrected chi connectivity index (χ1v) is 27.3. The van der Waals surface area contributed by atoms with Crippen molar-refractivity contribution in [2.75, 3.05) is 13.2 Å². The summed E-state index contributed by atoms with van der Waals surface area (Å²) >= 11 is 0. The normalized spacial score (nSPS) is 12.1. The summed E-state index contributed by atoms with van der Waals surface area (Å²) < 4.78 is 16.7. The van der Waals surface area contributed by atoms with E-state index in [1.54, 1.807) is 0 Å². The van der Waals surface area contributed by atoms with Crippen molar-refractivity contribution in [2.45, 2.75) is 303 Å². The lowest BCUT2D eigenvalue weighted by Crippen LogP contribution is -2.30. The van der Waals surface area contributed by atoms with Gasteiger partial charge in [-0.15, -0.1) is 0 Å². The van der Waals surface area contributed by atoms with Crippen LogP contribution in [0.4, 0.5) is 0 Å². The molecule has 0 bridgehead atoms. The molecular weight excluding hydrogens is 769 g/mol. The molecule has 62 heavy (non-hydrogen) atoms. The van der Waals surface area contributed by atoms with Crippen molar-refractivity contribution in [3.05, 3.63) is 24.3 Å². The van der Waals surface area contributed by atoms with Crippen LogP contribution in [0.3, 0.4) is 0 Å². The topological polar surface area (TPSA) is 78.9 Å². The third kappa shape index (κ3) is 48.9. The van der Waals surface area contributed by atoms with Gasteiger partial charge in [0, 0.05) is 19.3 Å². The van der Waals surface area contributed by atoms with Crippen LogP contribution in [0.1, 0.15) is 297 Å². The van der Waals surface area contributed by atoms with E-state index in [1.165, 1.54) is 173 Å². The molecule has 0 aromatic rings. The molecular formula is C56H104O6. The van der Waals surface area contributed by atoms with E-state index >= 15 is 0 Å². The molecule has 6 nitrogen and oxygen atoms in total. The van der Waals surface area contributed by atoms with Gasteiger partial charge in [0.05, 0.1) is 0 Å². The molecule has 1 unspecified atom stereocenters. The van der Waals surface area contributed by atoms with E-state index in [0.29, 0.717) is 19.3 Å². The maximum absolute atomic E-state index is 12.7. The van der Waals surface area contributed by atoms with Crippen LogP contribution in [-0.2, 0) is 28.6 Å². The van der Waals surface area contributed by atoms with Crippen LogP contribution in [0.15, 0.2) is 24.3 Å². The van der Waals surface area contributed by atoms with Gasteiger partial charge in [-0.3, -0.25) is 14.4 Å². The molecule has 6 heteroatoms. The summed E-state index contributed by atoms with van der Waals surface area (Å²) in [4.78, 5) is 37.8. The van der Waals surface area contributed by atoms with Gasteiger partial charge in [0.1, 0.15) is 13.2 Å². The van der Waals surface area contributed by atoms with Crippen LogP contribution < -0.4 is 0 Å². The Labute approximate surface area is 385 Å². The van der Waals surface area contributed by atoms with E-state index < -0.39 is 6.10 Å². The third-order valence-electron chi connectivity index (χ3n) is 12.2. The smallest absolute Gasteiger partial charge is 0.306 e. The Bertz CT molecular complexity index is 1000. The van der Waals surface area contributed by atoms with Gasteiger partial charge < -0.3 is 14.2 Å². The summed E-state index contributed by atoms with van der Waals surface area (Å²) in [5, 5.41) is 0. The van der Waals surface area contributed by atoms with Crippen molar-refractivity contribution in [2.24, 2.45) is 0 Å². The Balaban J connectivity index is 4.12.